The summed E-state index contributed by atoms with van der Waals surface area (Å²) >= 11 is 0. The molecule has 11 heavy (non-hydrogen) atoms. The van der Waals surface area contributed by atoms with Crippen molar-refractivity contribution in [2.24, 2.45) is 5.73 Å². The first-order chi connectivity index (χ1) is 5.33. The van der Waals surface area contributed by atoms with Gasteiger partial charge in [-0.1, -0.05) is 6.92 Å². The zero-order valence-corrected chi connectivity index (χ0v) is 7.25. The lowest BCUT2D eigenvalue weighted by Gasteiger charge is -2.28. The molecule has 0 aromatic carbocycles. The Bertz CT molecular complexity index is 102. The minimum absolute atomic E-state index is 0.341. The molecule has 0 radical (unpaired) electrons. The molecule has 1 unspecified atom stereocenters. The van der Waals surface area contributed by atoms with Crippen LogP contribution >= 0.6 is 0 Å². The van der Waals surface area contributed by atoms with Crippen molar-refractivity contribution in [1.82, 2.24) is 4.90 Å². The van der Waals surface area contributed by atoms with Gasteiger partial charge in [0.15, 0.2) is 0 Å². The SMILES string of the molecule is CCC(N)CN1CCOCC1. The predicted octanol–water partition coefficient (Wildman–Crippen LogP) is 0.0559. The Hall–Kier alpha value is -0.120. The molecule has 0 aromatic rings. The van der Waals surface area contributed by atoms with Gasteiger partial charge in [-0.25, -0.2) is 0 Å². The lowest BCUT2D eigenvalue weighted by Crippen LogP contribution is -2.43. The average molecular weight is 158 g/mol. The summed E-state index contributed by atoms with van der Waals surface area (Å²) < 4.78 is 5.23. The van der Waals surface area contributed by atoms with Crippen LogP contribution in [-0.2, 0) is 4.74 Å². The lowest BCUT2D eigenvalue weighted by molar-refractivity contribution is 0.0352. The first-order valence-corrected chi connectivity index (χ1v) is 4.38. The number of nitrogens with two attached hydrogens (primary N) is 1. The van der Waals surface area contributed by atoms with Crippen LogP contribution in [0.5, 0.6) is 0 Å². The molecule has 1 saturated heterocycles. The molecule has 3 heteroatoms. The predicted molar refractivity (Wildman–Crippen MR) is 45.5 cm³/mol. The monoisotopic (exact) mass is 158 g/mol. The van der Waals surface area contributed by atoms with E-state index in [0.717, 1.165) is 39.3 Å². The molecule has 1 rings (SSSR count). The van der Waals surface area contributed by atoms with Gasteiger partial charge in [-0.15, -0.1) is 0 Å². The Balaban J connectivity index is 2.13. The Morgan fingerprint density at radius 1 is 1.45 bits per heavy atom. The first-order valence-electron chi connectivity index (χ1n) is 4.38. The molecule has 1 fully saturated rings. The van der Waals surface area contributed by atoms with E-state index in [0.29, 0.717) is 6.04 Å². The smallest absolute Gasteiger partial charge is 0.0594 e. The minimum Gasteiger partial charge on any atom is -0.379 e. The van der Waals surface area contributed by atoms with E-state index < -0.39 is 0 Å². The molecule has 3 nitrogen and oxygen atoms in total. The molecular formula is C8H18N2O. The van der Waals surface area contributed by atoms with Crippen LogP contribution in [-0.4, -0.2) is 43.8 Å². The van der Waals surface area contributed by atoms with Gasteiger partial charge < -0.3 is 10.5 Å². The van der Waals surface area contributed by atoms with Crippen LogP contribution in [0.3, 0.4) is 0 Å². The van der Waals surface area contributed by atoms with Crippen molar-refractivity contribution >= 4 is 0 Å². The number of rotatable bonds is 3. The summed E-state index contributed by atoms with van der Waals surface area (Å²) in [5, 5.41) is 0. The number of morpholine rings is 1. The second kappa shape index (κ2) is 4.70. The summed E-state index contributed by atoms with van der Waals surface area (Å²) in [4.78, 5) is 2.37. The highest BCUT2D eigenvalue weighted by Crippen LogP contribution is 1.98. The Morgan fingerprint density at radius 2 is 2.09 bits per heavy atom. The number of hydrogen-bond acceptors (Lipinski definition) is 3. The third-order valence-corrected chi connectivity index (χ3v) is 2.12. The first kappa shape index (κ1) is 8.97. The largest absolute Gasteiger partial charge is 0.379 e. The zero-order chi connectivity index (χ0) is 8.10. The second-order valence-corrected chi connectivity index (χ2v) is 3.08. The van der Waals surface area contributed by atoms with Gasteiger partial charge in [0.25, 0.3) is 0 Å². The molecule has 0 saturated carbocycles. The molecule has 1 aliphatic heterocycles. The molecule has 0 amide bonds. The van der Waals surface area contributed by atoms with Crippen molar-refractivity contribution in [2.45, 2.75) is 19.4 Å². The van der Waals surface area contributed by atoms with Gasteiger partial charge in [0.05, 0.1) is 13.2 Å². The molecule has 0 spiro atoms. The van der Waals surface area contributed by atoms with E-state index in [4.69, 9.17) is 10.5 Å². The van der Waals surface area contributed by atoms with E-state index in [1.807, 2.05) is 0 Å². The fraction of sp³-hybridized carbons (Fsp3) is 1.00. The molecule has 1 atom stereocenters. The van der Waals surface area contributed by atoms with Gasteiger partial charge in [-0.05, 0) is 6.42 Å². The molecule has 2 N–H and O–H groups in total. The molecule has 1 aliphatic rings. The summed E-state index contributed by atoms with van der Waals surface area (Å²) in [6.07, 6.45) is 1.07. The van der Waals surface area contributed by atoms with Crippen LogP contribution in [0, 0.1) is 0 Å². The molecule has 0 aromatic heterocycles. The molecule has 1 heterocycles. The van der Waals surface area contributed by atoms with Crippen molar-refractivity contribution in [1.29, 1.82) is 0 Å². The van der Waals surface area contributed by atoms with E-state index in [9.17, 15) is 0 Å². The van der Waals surface area contributed by atoms with Gasteiger partial charge >= 0.3 is 0 Å². The maximum atomic E-state index is 5.82. The highest BCUT2D eigenvalue weighted by molar-refractivity contribution is 4.68. The van der Waals surface area contributed by atoms with Crippen LogP contribution in [0.25, 0.3) is 0 Å². The normalized spacial score (nSPS) is 23.5. The van der Waals surface area contributed by atoms with Crippen molar-refractivity contribution in [3.8, 4) is 0 Å². The van der Waals surface area contributed by atoms with E-state index in [2.05, 4.69) is 11.8 Å². The van der Waals surface area contributed by atoms with Crippen molar-refractivity contribution in [3.05, 3.63) is 0 Å². The standard InChI is InChI=1S/C8H18N2O/c1-2-8(9)7-10-3-5-11-6-4-10/h8H,2-7,9H2,1H3. The Kier molecular flexibility index (Phi) is 3.83. The van der Waals surface area contributed by atoms with E-state index in [1.54, 1.807) is 0 Å². The molecule has 0 aliphatic carbocycles. The van der Waals surface area contributed by atoms with Gasteiger partial charge in [-0.2, -0.15) is 0 Å². The third kappa shape index (κ3) is 3.18. The number of ether oxygens (including phenoxy) is 1. The molecule has 66 valence electrons. The Morgan fingerprint density at radius 3 is 2.64 bits per heavy atom. The van der Waals surface area contributed by atoms with Crippen LogP contribution in [0.15, 0.2) is 0 Å². The topological polar surface area (TPSA) is 38.5 Å². The van der Waals surface area contributed by atoms with Crippen LogP contribution < -0.4 is 5.73 Å². The molecular weight excluding hydrogens is 140 g/mol. The van der Waals surface area contributed by atoms with Crippen molar-refractivity contribution in [3.63, 3.8) is 0 Å². The summed E-state index contributed by atoms with van der Waals surface area (Å²) in [5.74, 6) is 0. The van der Waals surface area contributed by atoms with Gasteiger partial charge in [0.2, 0.25) is 0 Å². The number of nitrogens with zero attached hydrogens (tertiary/aromatic N) is 1. The lowest BCUT2D eigenvalue weighted by atomic mass is 10.2. The average Bonchev–Trinajstić information content (AvgIpc) is 2.06. The van der Waals surface area contributed by atoms with E-state index in [-0.39, 0.29) is 0 Å². The molecule has 0 bridgehead atoms. The number of hydrogen-bond donors (Lipinski definition) is 1. The van der Waals surface area contributed by atoms with E-state index in [1.165, 1.54) is 0 Å². The van der Waals surface area contributed by atoms with Gasteiger partial charge in [0.1, 0.15) is 0 Å². The Labute approximate surface area is 68.5 Å². The minimum atomic E-state index is 0.341. The van der Waals surface area contributed by atoms with Crippen molar-refractivity contribution in [2.75, 3.05) is 32.8 Å². The maximum absolute atomic E-state index is 5.82. The summed E-state index contributed by atoms with van der Waals surface area (Å²) in [6.45, 7) is 7.00. The van der Waals surface area contributed by atoms with Crippen LogP contribution in [0.1, 0.15) is 13.3 Å². The fourth-order valence-electron chi connectivity index (χ4n) is 1.24. The van der Waals surface area contributed by atoms with Crippen LogP contribution in [0.4, 0.5) is 0 Å². The zero-order valence-electron chi connectivity index (χ0n) is 7.25. The summed E-state index contributed by atoms with van der Waals surface area (Å²) in [7, 11) is 0. The van der Waals surface area contributed by atoms with Crippen molar-refractivity contribution < 1.29 is 4.74 Å². The maximum Gasteiger partial charge on any atom is 0.0594 e. The highest BCUT2D eigenvalue weighted by Gasteiger charge is 2.12. The third-order valence-electron chi connectivity index (χ3n) is 2.12. The highest BCUT2D eigenvalue weighted by atomic mass is 16.5. The fourth-order valence-corrected chi connectivity index (χ4v) is 1.24. The van der Waals surface area contributed by atoms with Gasteiger partial charge in [-0.3, -0.25) is 4.90 Å². The quantitative estimate of drug-likeness (QED) is 0.631. The second-order valence-electron chi connectivity index (χ2n) is 3.08. The van der Waals surface area contributed by atoms with Gasteiger partial charge in [0, 0.05) is 25.7 Å². The van der Waals surface area contributed by atoms with Crippen LogP contribution in [0.2, 0.25) is 0 Å². The summed E-state index contributed by atoms with van der Waals surface area (Å²) in [6, 6.07) is 0.341. The van der Waals surface area contributed by atoms with E-state index >= 15 is 0 Å². The summed E-state index contributed by atoms with van der Waals surface area (Å²) in [5.41, 5.74) is 5.82.